The smallest absolute Gasteiger partial charge is 0.416 e. The molecule has 6 rings (SSSR count). The van der Waals surface area contributed by atoms with Crippen molar-refractivity contribution in [3.05, 3.63) is 142 Å². The van der Waals surface area contributed by atoms with E-state index >= 15 is 0 Å². The van der Waals surface area contributed by atoms with Crippen molar-refractivity contribution < 1.29 is 64.6 Å². The number of carbonyl (C=O) groups is 6. The molecule has 76 heavy (non-hydrogen) atoms. The minimum absolute atomic E-state index is 0.00453. The molecule has 2 aliphatic rings. The number of ether oxygens (including phenoxy) is 2. The highest BCUT2D eigenvalue weighted by molar-refractivity contribution is 6.05. The lowest BCUT2D eigenvalue weighted by Gasteiger charge is -2.42. The second-order valence-electron chi connectivity index (χ2n) is 17.9. The van der Waals surface area contributed by atoms with Crippen molar-refractivity contribution in [2.75, 3.05) is 80.8 Å². The van der Waals surface area contributed by atoms with E-state index in [4.69, 9.17) is 20.9 Å². The van der Waals surface area contributed by atoms with Crippen LogP contribution in [0, 0.1) is 0 Å². The van der Waals surface area contributed by atoms with Crippen LogP contribution >= 0.6 is 0 Å². The quantitative estimate of drug-likeness (QED) is 0.0287. The van der Waals surface area contributed by atoms with E-state index in [2.05, 4.69) is 10.6 Å². The number of allylic oxidation sites excluding steroid dienone is 2. The first-order valence-corrected chi connectivity index (χ1v) is 24.2. The number of rotatable bonds is 20. The largest absolute Gasteiger partial charge is 0.463 e. The van der Waals surface area contributed by atoms with E-state index in [-0.39, 0.29) is 60.2 Å². The third kappa shape index (κ3) is 13.4. The lowest BCUT2D eigenvalue weighted by molar-refractivity contribution is -0.140. The fourth-order valence-electron chi connectivity index (χ4n) is 8.95. The molecule has 2 aliphatic heterocycles. The van der Waals surface area contributed by atoms with E-state index in [1.54, 1.807) is 69.4 Å². The van der Waals surface area contributed by atoms with Gasteiger partial charge in [0.25, 0.3) is 0 Å². The van der Waals surface area contributed by atoms with Gasteiger partial charge in [-0.1, -0.05) is 36.4 Å². The first kappa shape index (κ1) is 57.2. The number of urea groups is 2. The summed E-state index contributed by atoms with van der Waals surface area (Å²) in [6.45, 7) is 5.78. The highest BCUT2D eigenvalue weighted by atomic mass is 19.4. The Morgan fingerprint density at radius 3 is 1.28 bits per heavy atom. The number of benzene rings is 4. The van der Waals surface area contributed by atoms with E-state index < -0.39 is 84.5 Å². The molecule has 2 atom stereocenters. The molecule has 0 fully saturated rings. The van der Waals surface area contributed by atoms with Gasteiger partial charge in [-0.25, -0.2) is 19.2 Å². The van der Waals surface area contributed by atoms with Gasteiger partial charge in [0, 0.05) is 35.9 Å². The molecular formula is C53H59F6N9O8. The van der Waals surface area contributed by atoms with Gasteiger partial charge in [-0.05, 0) is 132 Å². The molecule has 0 saturated heterocycles. The standard InChI is InChI=1S/C53H59F6N9O8/c1-6-75-48(71)44-32(3)67(40-14-8-12-36(28-40)52(54,55)56)50(73)65(46(44)34-16-20-38(60)21-17-34)30-42(69)62-24-10-26-64(5)27-11-25-63-43(70)31-66-47(35-18-22-39(61)23-19-35)45(49(72)76-7-2)33(4)68(51(66)74)41-15-9-13-37(29-41)53(57,58)59/h8-9,12-23,28-29,46-47H,6-7,10-11,24-27,30-31,60-61H2,1-5H3,(H,62,69)(H,63,70). The summed E-state index contributed by atoms with van der Waals surface area (Å²) in [7, 11) is 1.80. The molecular weight excluding hydrogens is 1000 g/mol. The van der Waals surface area contributed by atoms with Crippen LogP contribution in [0.25, 0.3) is 0 Å². The number of halogens is 6. The van der Waals surface area contributed by atoms with Crippen LogP contribution in [0.15, 0.2) is 120 Å². The van der Waals surface area contributed by atoms with Gasteiger partial charge in [0.2, 0.25) is 11.8 Å². The van der Waals surface area contributed by atoms with Crippen LogP contribution in [-0.4, -0.2) is 110 Å². The molecule has 406 valence electrons. The van der Waals surface area contributed by atoms with E-state index in [1.807, 2.05) is 4.90 Å². The summed E-state index contributed by atoms with van der Waals surface area (Å²) in [4.78, 5) is 89.5. The predicted molar refractivity (Wildman–Crippen MR) is 271 cm³/mol. The number of hydrogen-bond donors (Lipinski definition) is 4. The zero-order valence-electron chi connectivity index (χ0n) is 42.4. The Labute approximate surface area is 435 Å². The van der Waals surface area contributed by atoms with Gasteiger partial charge in [-0.15, -0.1) is 0 Å². The van der Waals surface area contributed by atoms with Crippen LogP contribution in [0.3, 0.4) is 0 Å². The molecule has 2 heterocycles. The van der Waals surface area contributed by atoms with Gasteiger partial charge in [-0.2, -0.15) is 26.3 Å². The van der Waals surface area contributed by atoms with Crippen LogP contribution in [0.5, 0.6) is 0 Å². The Balaban J connectivity index is 1.09. The van der Waals surface area contributed by atoms with Crippen molar-refractivity contribution in [3.8, 4) is 0 Å². The normalized spacial score (nSPS) is 16.4. The number of carbonyl (C=O) groups excluding carboxylic acids is 6. The van der Waals surface area contributed by atoms with Crippen molar-refractivity contribution in [2.24, 2.45) is 0 Å². The number of nitrogens with one attached hydrogen (secondary N) is 2. The highest BCUT2D eigenvalue weighted by Gasteiger charge is 2.46. The molecule has 0 spiro atoms. The molecule has 0 radical (unpaired) electrons. The maximum Gasteiger partial charge on any atom is 0.416 e. The van der Waals surface area contributed by atoms with E-state index in [9.17, 15) is 55.1 Å². The number of hydrogen-bond acceptors (Lipinski definition) is 11. The SMILES string of the molecule is CCOC(=O)C1=C(C)N(c2cccc(C(F)(F)F)c2)C(=O)N(CC(=O)NCCCN(C)CCCNC(=O)CN2C(=O)N(c3cccc(C(F)(F)F)c3)C(C)=C(C(=O)OCC)C2c2ccc(N)cc2)C1c1ccc(N)cc1. The first-order valence-electron chi connectivity index (χ1n) is 24.2. The zero-order chi connectivity index (χ0) is 55.6. The average Bonchev–Trinajstić information content (AvgIpc) is 3.36. The number of anilines is 4. The summed E-state index contributed by atoms with van der Waals surface area (Å²) in [5.74, 6) is -2.95. The Morgan fingerprint density at radius 1 is 0.592 bits per heavy atom. The van der Waals surface area contributed by atoms with Crippen LogP contribution < -0.4 is 31.9 Å². The van der Waals surface area contributed by atoms with Crippen molar-refractivity contribution in [3.63, 3.8) is 0 Å². The molecule has 6 amide bonds. The third-order valence-electron chi connectivity index (χ3n) is 12.6. The molecule has 0 aromatic heterocycles. The first-order chi connectivity index (χ1) is 36.0. The summed E-state index contributed by atoms with van der Waals surface area (Å²) in [6, 6.07) is 16.4. The number of alkyl halides is 6. The van der Waals surface area contributed by atoms with Gasteiger partial charge < -0.3 is 46.3 Å². The summed E-state index contributed by atoms with van der Waals surface area (Å²) in [5, 5.41) is 5.55. The van der Waals surface area contributed by atoms with Gasteiger partial charge >= 0.3 is 36.4 Å². The fourth-order valence-corrected chi connectivity index (χ4v) is 8.95. The Hall–Kier alpha value is -8.08. The Morgan fingerprint density at radius 2 is 0.947 bits per heavy atom. The minimum Gasteiger partial charge on any atom is -0.463 e. The Bertz CT molecular complexity index is 2670. The van der Waals surface area contributed by atoms with Gasteiger partial charge in [0.15, 0.2) is 0 Å². The fraction of sp³-hybridized carbons (Fsp3) is 0.358. The van der Waals surface area contributed by atoms with Crippen LogP contribution in [0.4, 0.5) is 58.7 Å². The topological polar surface area (TPSA) is 213 Å². The molecule has 0 saturated carbocycles. The average molecular weight is 1060 g/mol. The molecule has 17 nitrogen and oxygen atoms in total. The van der Waals surface area contributed by atoms with Gasteiger partial charge in [0.1, 0.15) is 13.1 Å². The molecule has 6 N–H and O–H groups in total. The molecule has 2 unspecified atom stereocenters. The van der Waals surface area contributed by atoms with Gasteiger partial charge in [0.05, 0.1) is 58.9 Å². The molecule has 4 aromatic carbocycles. The van der Waals surface area contributed by atoms with Crippen molar-refractivity contribution in [1.82, 2.24) is 25.3 Å². The summed E-state index contributed by atoms with van der Waals surface area (Å²) in [6.07, 6.45) is -8.68. The maximum absolute atomic E-state index is 14.4. The van der Waals surface area contributed by atoms with E-state index in [0.29, 0.717) is 48.4 Å². The lowest BCUT2D eigenvalue weighted by Crippen LogP contribution is -2.54. The number of nitrogens with zero attached hydrogens (tertiary/aromatic N) is 5. The van der Waals surface area contributed by atoms with E-state index in [1.165, 1.54) is 26.0 Å². The predicted octanol–water partition coefficient (Wildman–Crippen LogP) is 8.17. The second-order valence-corrected chi connectivity index (χ2v) is 17.9. The maximum atomic E-state index is 14.4. The summed E-state index contributed by atoms with van der Waals surface area (Å²) >= 11 is 0. The zero-order valence-corrected chi connectivity index (χ0v) is 42.4. The number of nitrogens with two attached hydrogens (primary N) is 2. The van der Waals surface area contributed by atoms with E-state index in [0.717, 1.165) is 56.0 Å². The summed E-state index contributed by atoms with van der Waals surface area (Å²) < 4.78 is 93.9. The van der Waals surface area contributed by atoms with Crippen LogP contribution in [0.1, 0.15) is 74.9 Å². The van der Waals surface area contributed by atoms with Crippen molar-refractivity contribution >= 4 is 58.6 Å². The molecule has 4 aromatic rings. The van der Waals surface area contributed by atoms with Gasteiger partial charge in [-0.3, -0.25) is 19.4 Å². The summed E-state index contributed by atoms with van der Waals surface area (Å²) in [5.41, 5.74) is 10.8. The van der Waals surface area contributed by atoms with Crippen molar-refractivity contribution in [1.29, 1.82) is 0 Å². The minimum atomic E-state index is -4.75. The van der Waals surface area contributed by atoms with Crippen LogP contribution in [0.2, 0.25) is 0 Å². The Kier molecular flexibility index (Phi) is 18.4. The number of amides is 6. The van der Waals surface area contributed by atoms with Crippen LogP contribution in [-0.2, 0) is 41.0 Å². The molecule has 0 aliphatic carbocycles. The third-order valence-corrected chi connectivity index (χ3v) is 12.6. The lowest BCUT2D eigenvalue weighted by atomic mass is 9.92. The number of nitrogen functional groups attached to an aromatic ring is 2. The molecule has 23 heteroatoms. The second kappa shape index (κ2) is 24.5. The molecule has 0 bridgehead atoms. The van der Waals surface area contributed by atoms with Crippen molar-refractivity contribution in [2.45, 2.75) is 65.0 Å². The highest BCUT2D eigenvalue weighted by Crippen LogP contribution is 2.43. The monoisotopic (exact) mass is 1060 g/mol. The number of esters is 2.